The third-order valence-electron chi connectivity index (χ3n) is 2.46. The number of hydrogen-bond acceptors (Lipinski definition) is 4. The lowest BCUT2D eigenvalue weighted by Crippen LogP contribution is -2.37. The summed E-state index contributed by atoms with van der Waals surface area (Å²) in [6.07, 6.45) is 0.893. The highest BCUT2D eigenvalue weighted by atomic mass is 32.2. The molecule has 1 aromatic carbocycles. The highest BCUT2D eigenvalue weighted by molar-refractivity contribution is 7.89. The van der Waals surface area contributed by atoms with E-state index >= 15 is 0 Å². The Hall–Kier alpha value is -1.80. The van der Waals surface area contributed by atoms with Gasteiger partial charge in [-0.05, 0) is 18.6 Å². The molecule has 1 aromatic rings. The number of benzene rings is 1. The van der Waals surface area contributed by atoms with E-state index in [2.05, 4.69) is 15.4 Å². The smallest absolute Gasteiger partial charge is 0.312 e. The van der Waals surface area contributed by atoms with Crippen molar-refractivity contribution in [3.63, 3.8) is 0 Å². The SMILES string of the molecule is CCCNc1ccccc1S(=O)(=O)NCCNC(N)=O. The van der Waals surface area contributed by atoms with E-state index in [-0.39, 0.29) is 18.0 Å². The fourth-order valence-electron chi connectivity index (χ4n) is 1.56. The van der Waals surface area contributed by atoms with Crippen molar-refractivity contribution in [2.24, 2.45) is 5.73 Å². The Labute approximate surface area is 119 Å². The first-order valence-corrected chi connectivity index (χ1v) is 7.81. The number of urea groups is 1. The average Bonchev–Trinajstić information content (AvgIpc) is 2.41. The van der Waals surface area contributed by atoms with E-state index in [0.29, 0.717) is 12.2 Å². The Morgan fingerprint density at radius 1 is 1.20 bits per heavy atom. The predicted molar refractivity (Wildman–Crippen MR) is 78.0 cm³/mol. The van der Waals surface area contributed by atoms with Crippen LogP contribution in [0.5, 0.6) is 0 Å². The standard InChI is InChI=1S/C12H20N4O3S/c1-2-7-14-10-5-3-4-6-11(10)20(18,19)16-9-8-15-12(13)17/h3-6,14,16H,2,7-9H2,1H3,(H3,13,15,17). The van der Waals surface area contributed by atoms with Gasteiger partial charge in [0.15, 0.2) is 0 Å². The number of sulfonamides is 1. The van der Waals surface area contributed by atoms with E-state index in [9.17, 15) is 13.2 Å². The van der Waals surface area contributed by atoms with Crippen molar-refractivity contribution in [2.45, 2.75) is 18.2 Å². The van der Waals surface area contributed by atoms with Crippen LogP contribution in [0.1, 0.15) is 13.3 Å². The predicted octanol–water partition coefficient (Wildman–Crippen LogP) is 0.455. The lowest BCUT2D eigenvalue weighted by molar-refractivity contribution is 0.249. The van der Waals surface area contributed by atoms with Crippen LogP contribution >= 0.6 is 0 Å². The molecule has 20 heavy (non-hydrogen) atoms. The Morgan fingerprint density at radius 2 is 1.90 bits per heavy atom. The quantitative estimate of drug-likeness (QED) is 0.522. The summed E-state index contributed by atoms with van der Waals surface area (Å²) in [6, 6.07) is 5.99. The zero-order valence-corrected chi connectivity index (χ0v) is 12.2. The van der Waals surface area contributed by atoms with Gasteiger partial charge in [0.05, 0.1) is 5.69 Å². The van der Waals surface area contributed by atoms with Crippen molar-refractivity contribution in [2.75, 3.05) is 25.0 Å². The van der Waals surface area contributed by atoms with Crippen LogP contribution in [0.15, 0.2) is 29.2 Å². The molecule has 2 amide bonds. The Bertz CT molecular complexity index is 545. The van der Waals surface area contributed by atoms with E-state index < -0.39 is 16.1 Å². The number of rotatable bonds is 8. The van der Waals surface area contributed by atoms with Crippen molar-refractivity contribution in [1.29, 1.82) is 0 Å². The lowest BCUT2D eigenvalue weighted by Gasteiger charge is -2.12. The minimum atomic E-state index is -3.62. The molecule has 0 heterocycles. The van der Waals surface area contributed by atoms with Gasteiger partial charge >= 0.3 is 6.03 Å². The molecule has 112 valence electrons. The molecule has 0 aliphatic heterocycles. The molecule has 0 atom stereocenters. The monoisotopic (exact) mass is 300 g/mol. The molecule has 0 fully saturated rings. The number of carbonyl (C=O) groups is 1. The molecule has 5 N–H and O–H groups in total. The molecular formula is C12H20N4O3S. The van der Waals surface area contributed by atoms with Gasteiger partial charge in [0.1, 0.15) is 4.90 Å². The van der Waals surface area contributed by atoms with E-state index in [0.717, 1.165) is 6.42 Å². The van der Waals surface area contributed by atoms with E-state index in [1.54, 1.807) is 18.2 Å². The maximum atomic E-state index is 12.2. The summed E-state index contributed by atoms with van der Waals surface area (Å²) in [4.78, 5) is 10.7. The molecule has 0 aliphatic rings. The number of hydrogen-bond donors (Lipinski definition) is 4. The molecule has 1 rings (SSSR count). The Morgan fingerprint density at radius 3 is 2.55 bits per heavy atom. The van der Waals surface area contributed by atoms with Crippen molar-refractivity contribution in [3.8, 4) is 0 Å². The van der Waals surface area contributed by atoms with E-state index in [1.807, 2.05) is 6.92 Å². The maximum absolute atomic E-state index is 12.2. The number of carbonyl (C=O) groups excluding carboxylic acids is 1. The van der Waals surface area contributed by atoms with Gasteiger partial charge in [-0.3, -0.25) is 0 Å². The molecule has 0 aliphatic carbocycles. The van der Waals surface area contributed by atoms with Crippen LogP contribution < -0.4 is 21.1 Å². The van der Waals surface area contributed by atoms with Crippen molar-refractivity contribution < 1.29 is 13.2 Å². The van der Waals surface area contributed by atoms with E-state index in [4.69, 9.17) is 5.73 Å². The third-order valence-corrected chi connectivity index (χ3v) is 3.98. The normalized spacial score (nSPS) is 11.1. The van der Waals surface area contributed by atoms with Gasteiger partial charge in [-0.25, -0.2) is 17.9 Å². The van der Waals surface area contributed by atoms with Crippen LogP contribution in [0, 0.1) is 0 Å². The fourth-order valence-corrected chi connectivity index (χ4v) is 2.77. The van der Waals surface area contributed by atoms with Gasteiger partial charge in [0, 0.05) is 19.6 Å². The zero-order chi connectivity index (χ0) is 15.0. The summed E-state index contributed by atoms with van der Waals surface area (Å²) in [5.41, 5.74) is 5.46. The molecule has 0 aromatic heterocycles. The molecule has 0 saturated heterocycles. The van der Waals surface area contributed by atoms with Crippen LogP contribution in [0.25, 0.3) is 0 Å². The summed E-state index contributed by atoms with van der Waals surface area (Å²) < 4.78 is 26.7. The molecule has 8 heteroatoms. The molecule has 0 unspecified atom stereocenters. The van der Waals surface area contributed by atoms with Crippen molar-refractivity contribution in [3.05, 3.63) is 24.3 Å². The lowest BCUT2D eigenvalue weighted by atomic mass is 10.3. The van der Waals surface area contributed by atoms with Gasteiger partial charge in [-0.15, -0.1) is 0 Å². The first kappa shape index (κ1) is 16.3. The maximum Gasteiger partial charge on any atom is 0.312 e. The van der Waals surface area contributed by atoms with Crippen LogP contribution in [0.2, 0.25) is 0 Å². The molecule has 7 nitrogen and oxygen atoms in total. The summed E-state index contributed by atoms with van der Waals surface area (Å²) in [6.45, 7) is 2.90. The number of para-hydroxylation sites is 1. The van der Waals surface area contributed by atoms with Gasteiger partial charge in [0.2, 0.25) is 10.0 Å². The number of primary amides is 1. The number of nitrogens with two attached hydrogens (primary N) is 1. The van der Waals surface area contributed by atoms with E-state index in [1.165, 1.54) is 6.07 Å². The average molecular weight is 300 g/mol. The van der Waals surface area contributed by atoms with Crippen molar-refractivity contribution in [1.82, 2.24) is 10.0 Å². The number of anilines is 1. The summed E-state index contributed by atoms with van der Waals surface area (Å²) in [5.74, 6) is 0. The second-order valence-electron chi connectivity index (χ2n) is 4.11. The van der Waals surface area contributed by atoms with Gasteiger partial charge in [0.25, 0.3) is 0 Å². The number of amides is 2. The van der Waals surface area contributed by atoms with Gasteiger partial charge < -0.3 is 16.4 Å². The number of nitrogens with one attached hydrogen (secondary N) is 3. The summed E-state index contributed by atoms with van der Waals surface area (Å²) >= 11 is 0. The van der Waals surface area contributed by atoms with Crippen LogP contribution in [-0.4, -0.2) is 34.1 Å². The molecule has 0 spiro atoms. The van der Waals surface area contributed by atoms with Crippen LogP contribution in [0.4, 0.5) is 10.5 Å². The summed E-state index contributed by atoms with van der Waals surface area (Å²) in [7, 11) is -3.62. The zero-order valence-electron chi connectivity index (χ0n) is 11.3. The molecular weight excluding hydrogens is 280 g/mol. The van der Waals surface area contributed by atoms with Crippen LogP contribution in [-0.2, 0) is 10.0 Å². The Kier molecular flexibility index (Phi) is 6.26. The minimum Gasteiger partial charge on any atom is -0.384 e. The van der Waals surface area contributed by atoms with Gasteiger partial charge in [-0.1, -0.05) is 19.1 Å². The first-order valence-electron chi connectivity index (χ1n) is 6.33. The third kappa shape index (κ3) is 5.06. The molecule has 0 saturated carbocycles. The highest BCUT2D eigenvalue weighted by Gasteiger charge is 2.17. The molecule has 0 bridgehead atoms. The second-order valence-corrected chi connectivity index (χ2v) is 5.85. The molecule has 0 radical (unpaired) electrons. The van der Waals surface area contributed by atoms with Crippen molar-refractivity contribution >= 4 is 21.7 Å². The highest BCUT2D eigenvalue weighted by Crippen LogP contribution is 2.20. The first-order chi connectivity index (χ1) is 9.47. The van der Waals surface area contributed by atoms with Crippen LogP contribution in [0.3, 0.4) is 0 Å². The largest absolute Gasteiger partial charge is 0.384 e. The van der Waals surface area contributed by atoms with Gasteiger partial charge in [-0.2, -0.15) is 0 Å². The summed E-state index contributed by atoms with van der Waals surface area (Å²) in [5, 5.41) is 5.38. The second kappa shape index (κ2) is 7.71. The Balaban J connectivity index is 2.73. The minimum absolute atomic E-state index is 0.0768. The topological polar surface area (TPSA) is 113 Å². The fraction of sp³-hybridized carbons (Fsp3) is 0.417.